The summed E-state index contributed by atoms with van der Waals surface area (Å²) in [5, 5.41) is 4.26. The van der Waals surface area contributed by atoms with Crippen LogP contribution in [0.5, 0.6) is 0 Å². The number of rotatable bonds is 4. The van der Waals surface area contributed by atoms with Gasteiger partial charge >= 0.3 is 0 Å². The first kappa shape index (κ1) is 16.4. The van der Waals surface area contributed by atoms with Crippen molar-refractivity contribution in [3.63, 3.8) is 0 Å². The minimum Gasteiger partial charge on any atom is -0.369 e. The fourth-order valence-corrected chi connectivity index (χ4v) is 3.76. The summed E-state index contributed by atoms with van der Waals surface area (Å²) in [5.41, 5.74) is 10.0. The molecule has 1 amide bonds. The molecule has 3 aromatic rings. The van der Waals surface area contributed by atoms with Crippen LogP contribution in [-0.4, -0.2) is 21.7 Å². The Hall–Kier alpha value is -3.08. The molecular weight excluding hydrogens is 324 g/mol. The number of fused-ring (bicyclic) bond motifs is 1. The van der Waals surface area contributed by atoms with E-state index in [1.54, 1.807) is 6.20 Å². The van der Waals surface area contributed by atoms with Crippen LogP contribution in [0, 0.1) is 0 Å². The molecule has 5 nitrogen and oxygen atoms in total. The van der Waals surface area contributed by atoms with Crippen molar-refractivity contribution in [2.45, 2.75) is 31.8 Å². The minimum atomic E-state index is -0.243. The van der Waals surface area contributed by atoms with Gasteiger partial charge in [-0.2, -0.15) is 5.10 Å². The lowest BCUT2D eigenvalue weighted by Crippen LogP contribution is -2.41. The number of nitrogens with zero attached hydrogens (tertiary/aromatic N) is 3. The monoisotopic (exact) mass is 346 g/mol. The first-order valence-corrected chi connectivity index (χ1v) is 8.87. The van der Waals surface area contributed by atoms with E-state index in [1.165, 1.54) is 5.56 Å². The van der Waals surface area contributed by atoms with E-state index >= 15 is 0 Å². The molecule has 0 unspecified atom stereocenters. The lowest BCUT2D eigenvalue weighted by atomic mass is 9.85. The number of benzene rings is 2. The van der Waals surface area contributed by atoms with Gasteiger partial charge in [-0.15, -0.1) is 0 Å². The quantitative estimate of drug-likeness (QED) is 0.789. The van der Waals surface area contributed by atoms with Crippen LogP contribution in [0.4, 0.5) is 5.69 Å². The zero-order valence-corrected chi connectivity index (χ0v) is 14.7. The highest BCUT2D eigenvalue weighted by molar-refractivity contribution is 5.85. The van der Waals surface area contributed by atoms with E-state index in [2.05, 4.69) is 47.3 Å². The Morgan fingerprint density at radius 3 is 2.62 bits per heavy atom. The van der Waals surface area contributed by atoms with E-state index in [9.17, 15) is 4.79 Å². The van der Waals surface area contributed by atoms with Gasteiger partial charge in [-0.3, -0.25) is 4.79 Å². The number of primary amides is 1. The number of anilines is 1. The number of para-hydroxylation sites is 1. The number of carbonyl (C=O) groups excluding carboxylic acids is 1. The Bertz CT molecular complexity index is 902. The Balaban J connectivity index is 1.61. The van der Waals surface area contributed by atoms with Crippen molar-refractivity contribution in [2.75, 3.05) is 4.90 Å². The molecule has 132 valence electrons. The maximum Gasteiger partial charge on any atom is 0.225 e. The second kappa shape index (κ2) is 6.67. The van der Waals surface area contributed by atoms with Gasteiger partial charge in [-0.1, -0.05) is 30.3 Å². The van der Waals surface area contributed by atoms with E-state index in [-0.39, 0.29) is 17.9 Å². The molecule has 2 N–H and O–H groups in total. The van der Waals surface area contributed by atoms with Crippen LogP contribution in [-0.2, 0) is 11.3 Å². The first-order valence-electron chi connectivity index (χ1n) is 8.87. The molecule has 0 saturated carbocycles. The summed E-state index contributed by atoms with van der Waals surface area (Å²) in [5.74, 6) is -0.452. The van der Waals surface area contributed by atoms with Gasteiger partial charge in [0.15, 0.2) is 0 Å². The van der Waals surface area contributed by atoms with E-state index < -0.39 is 0 Å². The third-order valence-electron chi connectivity index (χ3n) is 5.13. The van der Waals surface area contributed by atoms with Crippen molar-refractivity contribution in [3.05, 3.63) is 78.1 Å². The predicted octanol–water partition coefficient (Wildman–Crippen LogP) is 3.24. The van der Waals surface area contributed by atoms with Gasteiger partial charge in [0, 0.05) is 30.7 Å². The molecule has 2 atom stereocenters. The van der Waals surface area contributed by atoms with Crippen molar-refractivity contribution < 1.29 is 4.79 Å². The molecule has 26 heavy (non-hydrogen) atoms. The largest absolute Gasteiger partial charge is 0.369 e. The van der Waals surface area contributed by atoms with Crippen molar-refractivity contribution >= 4 is 11.6 Å². The van der Waals surface area contributed by atoms with Crippen molar-refractivity contribution in [1.29, 1.82) is 0 Å². The maximum absolute atomic E-state index is 11.9. The second-order valence-electron chi connectivity index (χ2n) is 6.84. The number of aromatic nitrogens is 2. The Morgan fingerprint density at radius 1 is 1.15 bits per heavy atom. The van der Waals surface area contributed by atoms with E-state index in [1.807, 2.05) is 35.1 Å². The second-order valence-corrected chi connectivity index (χ2v) is 6.84. The van der Waals surface area contributed by atoms with Gasteiger partial charge in [0.1, 0.15) is 0 Å². The van der Waals surface area contributed by atoms with Crippen molar-refractivity contribution in [1.82, 2.24) is 9.78 Å². The summed E-state index contributed by atoms with van der Waals surface area (Å²) in [7, 11) is 0. The topological polar surface area (TPSA) is 64.2 Å². The SMILES string of the molecule is C[C@@H]1C[C@H](C(N)=O)c2ccccc2N1Cc1ccc(-n2cccn2)cc1. The number of carbonyl (C=O) groups is 1. The van der Waals surface area contributed by atoms with Crippen LogP contribution in [0.1, 0.15) is 30.4 Å². The zero-order chi connectivity index (χ0) is 18.1. The molecule has 0 saturated heterocycles. The molecule has 0 bridgehead atoms. The first-order chi connectivity index (χ1) is 12.6. The molecule has 1 aromatic heterocycles. The standard InChI is InChI=1S/C21H22N4O/c1-15-13-19(21(22)26)18-5-2-3-6-20(18)24(15)14-16-7-9-17(10-8-16)25-12-4-11-23-25/h2-12,15,19H,13-14H2,1H3,(H2,22,26)/t15-,19+/m1/s1. The molecule has 1 aliphatic rings. The molecule has 0 fully saturated rings. The third-order valence-corrected chi connectivity index (χ3v) is 5.13. The molecule has 0 radical (unpaired) electrons. The fraction of sp³-hybridized carbons (Fsp3) is 0.238. The molecule has 1 aliphatic heterocycles. The van der Waals surface area contributed by atoms with Crippen LogP contribution in [0.25, 0.3) is 5.69 Å². The Labute approximate surface area is 153 Å². The van der Waals surface area contributed by atoms with Gasteiger partial charge in [0.25, 0.3) is 0 Å². The van der Waals surface area contributed by atoms with Crippen LogP contribution < -0.4 is 10.6 Å². The molecule has 0 spiro atoms. The zero-order valence-electron chi connectivity index (χ0n) is 14.7. The van der Waals surface area contributed by atoms with Gasteiger partial charge in [-0.05, 0) is 48.7 Å². The molecular formula is C21H22N4O. The summed E-state index contributed by atoms with van der Waals surface area (Å²) < 4.78 is 1.85. The normalized spacial score (nSPS) is 19.2. The highest BCUT2D eigenvalue weighted by Crippen LogP contribution is 2.38. The van der Waals surface area contributed by atoms with Gasteiger partial charge in [0.05, 0.1) is 11.6 Å². The molecule has 2 aromatic carbocycles. The lowest BCUT2D eigenvalue weighted by Gasteiger charge is -2.40. The Kier molecular flexibility index (Phi) is 4.21. The van der Waals surface area contributed by atoms with Crippen molar-refractivity contribution in [2.24, 2.45) is 5.73 Å². The average molecular weight is 346 g/mol. The molecule has 0 aliphatic carbocycles. The van der Waals surface area contributed by atoms with Crippen LogP contribution in [0.3, 0.4) is 0 Å². The van der Waals surface area contributed by atoms with E-state index in [0.717, 1.165) is 29.9 Å². The smallest absolute Gasteiger partial charge is 0.225 e. The van der Waals surface area contributed by atoms with Crippen molar-refractivity contribution in [3.8, 4) is 5.69 Å². The van der Waals surface area contributed by atoms with Gasteiger partial charge in [-0.25, -0.2) is 4.68 Å². The number of hydrogen-bond donors (Lipinski definition) is 1. The van der Waals surface area contributed by atoms with Crippen LogP contribution >= 0.6 is 0 Å². The van der Waals surface area contributed by atoms with Crippen LogP contribution in [0.2, 0.25) is 0 Å². The van der Waals surface area contributed by atoms with Gasteiger partial charge < -0.3 is 10.6 Å². The van der Waals surface area contributed by atoms with E-state index in [0.29, 0.717) is 0 Å². The van der Waals surface area contributed by atoms with Gasteiger partial charge in [0.2, 0.25) is 5.91 Å². The number of nitrogens with two attached hydrogens (primary N) is 1. The predicted molar refractivity (Wildman–Crippen MR) is 102 cm³/mol. The highest BCUT2D eigenvalue weighted by atomic mass is 16.1. The number of hydrogen-bond acceptors (Lipinski definition) is 3. The maximum atomic E-state index is 11.9. The molecule has 5 heteroatoms. The fourth-order valence-electron chi connectivity index (χ4n) is 3.76. The summed E-state index contributed by atoms with van der Waals surface area (Å²) in [6.07, 6.45) is 4.45. The molecule has 2 heterocycles. The van der Waals surface area contributed by atoms with Crippen LogP contribution in [0.15, 0.2) is 67.0 Å². The number of amides is 1. The molecule has 4 rings (SSSR count). The Morgan fingerprint density at radius 2 is 1.92 bits per heavy atom. The van der Waals surface area contributed by atoms with E-state index in [4.69, 9.17) is 5.73 Å². The minimum absolute atomic E-state index is 0.209. The third kappa shape index (κ3) is 2.96. The highest BCUT2D eigenvalue weighted by Gasteiger charge is 2.32. The summed E-state index contributed by atoms with van der Waals surface area (Å²) in [6, 6.07) is 18.7. The lowest BCUT2D eigenvalue weighted by molar-refractivity contribution is -0.119. The summed E-state index contributed by atoms with van der Waals surface area (Å²) in [6.45, 7) is 2.95. The summed E-state index contributed by atoms with van der Waals surface area (Å²) >= 11 is 0. The average Bonchev–Trinajstić information content (AvgIpc) is 3.19. The summed E-state index contributed by atoms with van der Waals surface area (Å²) in [4.78, 5) is 14.2.